The minimum atomic E-state index is -0.238. The van der Waals surface area contributed by atoms with Gasteiger partial charge in [0.15, 0.2) is 0 Å². The van der Waals surface area contributed by atoms with Gasteiger partial charge < -0.3 is 5.32 Å². The van der Waals surface area contributed by atoms with Crippen molar-refractivity contribution in [1.29, 1.82) is 0 Å². The van der Waals surface area contributed by atoms with Gasteiger partial charge in [-0.05, 0) is 31.0 Å². The van der Waals surface area contributed by atoms with E-state index in [0.29, 0.717) is 5.15 Å². The van der Waals surface area contributed by atoms with E-state index >= 15 is 0 Å². The Balaban J connectivity index is 2.21. The van der Waals surface area contributed by atoms with Crippen LogP contribution < -0.4 is 5.32 Å². The molecule has 1 aromatic carbocycles. The molecule has 0 aliphatic heterocycles. The third-order valence-corrected chi connectivity index (χ3v) is 3.44. The number of hydrogen-bond donors (Lipinski definition) is 1. The Bertz CT molecular complexity index is 572. The van der Waals surface area contributed by atoms with Crippen LogP contribution >= 0.6 is 11.6 Å². The van der Waals surface area contributed by atoms with Crippen LogP contribution in [0, 0.1) is 5.82 Å². The van der Waals surface area contributed by atoms with E-state index in [2.05, 4.69) is 22.2 Å². The molecule has 1 heterocycles. The van der Waals surface area contributed by atoms with Crippen molar-refractivity contribution in [3.8, 4) is 0 Å². The molecule has 0 fully saturated rings. The van der Waals surface area contributed by atoms with Crippen molar-refractivity contribution in [3.63, 3.8) is 0 Å². The summed E-state index contributed by atoms with van der Waals surface area (Å²) in [5.74, 6) is 0.501. The Kier molecular flexibility index (Phi) is 4.90. The lowest BCUT2D eigenvalue weighted by atomic mass is 10.1. The van der Waals surface area contributed by atoms with Gasteiger partial charge in [-0.25, -0.2) is 14.4 Å². The Morgan fingerprint density at radius 3 is 2.60 bits per heavy atom. The van der Waals surface area contributed by atoms with Crippen LogP contribution in [0.4, 0.5) is 10.2 Å². The molecule has 20 heavy (non-hydrogen) atoms. The van der Waals surface area contributed by atoms with Crippen LogP contribution in [0.15, 0.2) is 30.6 Å². The van der Waals surface area contributed by atoms with E-state index in [1.807, 2.05) is 6.92 Å². The van der Waals surface area contributed by atoms with E-state index in [9.17, 15) is 4.39 Å². The van der Waals surface area contributed by atoms with Crippen molar-refractivity contribution in [2.45, 2.75) is 32.7 Å². The summed E-state index contributed by atoms with van der Waals surface area (Å²) >= 11 is 6.12. The summed E-state index contributed by atoms with van der Waals surface area (Å²) in [7, 11) is 0. The lowest BCUT2D eigenvalue weighted by molar-refractivity contribution is 0.626. The fraction of sp³-hybridized carbons (Fsp3) is 0.333. The van der Waals surface area contributed by atoms with Crippen molar-refractivity contribution in [2.75, 3.05) is 5.32 Å². The molecule has 0 saturated carbocycles. The monoisotopic (exact) mass is 293 g/mol. The van der Waals surface area contributed by atoms with Gasteiger partial charge in [-0.2, -0.15) is 0 Å². The van der Waals surface area contributed by atoms with Crippen molar-refractivity contribution >= 4 is 17.4 Å². The van der Waals surface area contributed by atoms with Crippen LogP contribution in [-0.4, -0.2) is 9.97 Å². The molecule has 1 atom stereocenters. The average molecular weight is 294 g/mol. The molecule has 0 saturated heterocycles. The van der Waals surface area contributed by atoms with Crippen molar-refractivity contribution in [2.24, 2.45) is 0 Å². The highest BCUT2D eigenvalue weighted by Gasteiger charge is 2.12. The van der Waals surface area contributed by atoms with Gasteiger partial charge in [-0.15, -0.1) is 0 Å². The van der Waals surface area contributed by atoms with Gasteiger partial charge >= 0.3 is 0 Å². The van der Waals surface area contributed by atoms with Crippen molar-refractivity contribution in [3.05, 3.63) is 52.7 Å². The minimum absolute atomic E-state index is 0.0113. The second-order valence-electron chi connectivity index (χ2n) is 4.66. The molecule has 106 valence electrons. The molecule has 3 nitrogen and oxygen atoms in total. The molecule has 5 heteroatoms. The van der Waals surface area contributed by atoms with Gasteiger partial charge in [0.05, 0.1) is 0 Å². The second kappa shape index (κ2) is 6.66. The Labute approximate surface area is 123 Å². The van der Waals surface area contributed by atoms with Crippen molar-refractivity contribution in [1.82, 2.24) is 9.97 Å². The van der Waals surface area contributed by atoms with Gasteiger partial charge in [-0.3, -0.25) is 0 Å². The van der Waals surface area contributed by atoms with Crippen LogP contribution in [0.25, 0.3) is 0 Å². The summed E-state index contributed by atoms with van der Waals surface area (Å²) in [5, 5.41) is 3.80. The minimum Gasteiger partial charge on any atom is -0.363 e. The van der Waals surface area contributed by atoms with Crippen LogP contribution in [-0.2, 0) is 6.42 Å². The normalized spacial score (nSPS) is 12.2. The average Bonchev–Trinajstić information content (AvgIpc) is 2.43. The largest absolute Gasteiger partial charge is 0.363 e. The van der Waals surface area contributed by atoms with Gasteiger partial charge in [0.1, 0.15) is 23.1 Å². The van der Waals surface area contributed by atoms with E-state index in [0.717, 1.165) is 29.8 Å². The maximum atomic E-state index is 12.9. The third-order valence-electron chi connectivity index (χ3n) is 3.12. The fourth-order valence-electron chi connectivity index (χ4n) is 2.03. The van der Waals surface area contributed by atoms with Crippen LogP contribution in [0.1, 0.15) is 37.4 Å². The first kappa shape index (κ1) is 14.7. The summed E-state index contributed by atoms with van der Waals surface area (Å²) in [6.45, 7) is 4.08. The van der Waals surface area contributed by atoms with Crippen LogP contribution in [0.5, 0.6) is 0 Å². The molecule has 0 radical (unpaired) electrons. The number of halogens is 2. The number of anilines is 1. The summed E-state index contributed by atoms with van der Waals surface area (Å²) < 4.78 is 12.9. The number of benzene rings is 1. The molecule has 2 aromatic rings. The summed E-state index contributed by atoms with van der Waals surface area (Å²) in [6.07, 6.45) is 3.23. The van der Waals surface area contributed by atoms with E-state index < -0.39 is 0 Å². The maximum Gasteiger partial charge on any atom is 0.137 e. The molecule has 2 rings (SSSR count). The lowest BCUT2D eigenvalue weighted by Crippen LogP contribution is -2.11. The first-order valence-corrected chi connectivity index (χ1v) is 7.01. The third kappa shape index (κ3) is 3.45. The number of aromatic nitrogens is 2. The Morgan fingerprint density at radius 1 is 1.25 bits per heavy atom. The predicted molar refractivity (Wildman–Crippen MR) is 79.5 cm³/mol. The molecular weight excluding hydrogens is 277 g/mol. The first-order valence-electron chi connectivity index (χ1n) is 6.63. The predicted octanol–water partition coefficient (Wildman–Crippen LogP) is 4.39. The molecule has 1 unspecified atom stereocenters. The number of hydrogen-bond acceptors (Lipinski definition) is 3. The smallest absolute Gasteiger partial charge is 0.137 e. The van der Waals surface area contributed by atoms with E-state index in [4.69, 9.17) is 11.6 Å². The van der Waals surface area contributed by atoms with Crippen LogP contribution in [0.3, 0.4) is 0 Å². The number of nitrogens with one attached hydrogen (secondary N) is 1. The molecule has 0 amide bonds. The van der Waals surface area contributed by atoms with Crippen molar-refractivity contribution < 1.29 is 4.39 Å². The summed E-state index contributed by atoms with van der Waals surface area (Å²) in [6, 6.07) is 6.43. The molecule has 0 spiro atoms. The zero-order valence-corrected chi connectivity index (χ0v) is 12.3. The molecule has 1 N–H and O–H groups in total. The first-order chi connectivity index (χ1) is 9.61. The van der Waals surface area contributed by atoms with Crippen LogP contribution in [0.2, 0.25) is 5.15 Å². The maximum absolute atomic E-state index is 12.9. The zero-order valence-electron chi connectivity index (χ0n) is 11.5. The highest BCUT2D eigenvalue weighted by Crippen LogP contribution is 2.25. The van der Waals surface area contributed by atoms with E-state index in [1.165, 1.54) is 18.5 Å². The Morgan fingerprint density at radius 2 is 1.95 bits per heavy atom. The topological polar surface area (TPSA) is 37.8 Å². The highest BCUT2D eigenvalue weighted by atomic mass is 35.5. The Hall–Kier alpha value is -1.68. The molecular formula is C15H17ClFN3. The van der Waals surface area contributed by atoms with Gasteiger partial charge in [0.25, 0.3) is 0 Å². The zero-order chi connectivity index (χ0) is 14.5. The number of nitrogens with zero attached hydrogens (tertiary/aromatic N) is 2. The highest BCUT2D eigenvalue weighted by molar-refractivity contribution is 6.30. The fourth-order valence-corrected chi connectivity index (χ4v) is 2.25. The van der Waals surface area contributed by atoms with Gasteiger partial charge in [-0.1, -0.05) is 37.1 Å². The molecule has 0 aliphatic carbocycles. The SMILES string of the molecule is CCCc1c(Cl)ncnc1NC(C)c1ccc(F)cc1. The quantitative estimate of drug-likeness (QED) is 0.831. The standard InChI is InChI=1S/C15H17ClFN3/c1-3-4-13-14(16)18-9-19-15(13)20-10(2)11-5-7-12(17)8-6-11/h5-10H,3-4H2,1-2H3,(H,18,19,20). The second-order valence-corrected chi connectivity index (χ2v) is 5.02. The lowest BCUT2D eigenvalue weighted by Gasteiger charge is -2.17. The van der Waals surface area contributed by atoms with E-state index in [-0.39, 0.29) is 11.9 Å². The summed E-state index contributed by atoms with van der Waals surface area (Å²) in [4.78, 5) is 8.28. The van der Waals surface area contributed by atoms with Gasteiger partial charge in [0.2, 0.25) is 0 Å². The van der Waals surface area contributed by atoms with E-state index in [1.54, 1.807) is 12.1 Å². The number of rotatable bonds is 5. The molecule has 0 bridgehead atoms. The molecule has 0 aliphatic rings. The summed E-state index contributed by atoms with van der Waals surface area (Å²) in [5.41, 5.74) is 1.91. The molecule has 1 aromatic heterocycles. The van der Waals surface area contributed by atoms with Gasteiger partial charge in [0, 0.05) is 11.6 Å².